The Morgan fingerprint density at radius 3 is 2.88 bits per heavy atom. The predicted octanol–water partition coefficient (Wildman–Crippen LogP) is 2.49. The van der Waals surface area contributed by atoms with Gasteiger partial charge in [-0.05, 0) is 31.0 Å². The lowest BCUT2D eigenvalue weighted by molar-refractivity contribution is -0.726. The highest BCUT2D eigenvalue weighted by atomic mass is 16.1. The zero-order chi connectivity index (χ0) is 17.7. The number of carbonyl (C=O) groups excluding carboxylic acids is 1. The maximum atomic E-state index is 12.4. The van der Waals surface area contributed by atoms with Crippen molar-refractivity contribution in [1.82, 2.24) is 20.4 Å². The van der Waals surface area contributed by atoms with Gasteiger partial charge >= 0.3 is 0 Å². The summed E-state index contributed by atoms with van der Waals surface area (Å²) in [5.41, 5.74) is 3.32. The molecule has 0 spiro atoms. The first-order valence-electron chi connectivity index (χ1n) is 8.72. The number of aryl methyl sites for hydroxylation is 1. The third-order valence-electron chi connectivity index (χ3n) is 4.80. The topological polar surface area (TPSA) is 74.6 Å². The standard InChI is InChI=1S/C20H17N5O/c1-25-11-13(9-22-25)19-16-6-7-21-10-17(16)15-5-2-12(8-18(15)24-19)20(26)23-14-3-4-14/h2,5-11,14H,3-4H2,1H3,(H,23,26)/p+1. The van der Waals surface area contributed by atoms with Crippen molar-refractivity contribution in [3.05, 3.63) is 54.6 Å². The van der Waals surface area contributed by atoms with Crippen LogP contribution in [0.3, 0.4) is 0 Å². The molecule has 1 aliphatic rings. The van der Waals surface area contributed by atoms with Crippen LogP contribution < -0.4 is 10.00 Å². The van der Waals surface area contributed by atoms with E-state index < -0.39 is 0 Å². The van der Waals surface area contributed by atoms with Crippen LogP contribution in [0.15, 0.2) is 49.1 Å². The van der Waals surface area contributed by atoms with Crippen molar-refractivity contribution in [2.75, 3.05) is 0 Å². The van der Waals surface area contributed by atoms with E-state index in [1.54, 1.807) is 6.20 Å². The highest BCUT2D eigenvalue weighted by molar-refractivity contribution is 6.11. The number of H-pyrrole nitrogens is 1. The molecule has 0 radical (unpaired) electrons. The van der Waals surface area contributed by atoms with E-state index in [9.17, 15) is 4.79 Å². The first-order valence-corrected chi connectivity index (χ1v) is 8.72. The number of amides is 1. The second-order valence-electron chi connectivity index (χ2n) is 6.83. The number of pyridine rings is 2. The summed E-state index contributed by atoms with van der Waals surface area (Å²) < 4.78 is 1.88. The summed E-state index contributed by atoms with van der Waals surface area (Å²) >= 11 is 0. The van der Waals surface area contributed by atoms with E-state index in [1.807, 2.05) is 54.6 Å². The maximum Gasteiger partial charge on any atom is 0.251 e. The van der Waals surface area contributed by atoms with E-state index in [1.165, 1.54) is 0 Å². The first-order chi connectivity index (χ1) is 12.7. The maximum absolute atomic E-state index is 12.4. The predicted molar refractivity (Wildman–Crippen MR) is 98.5 cm³/mol. The molecule has 5 rings (SSSR count). The van der Waals surface area contributed by atoms with Crippen LogP contribution in [0, 0.1) is 0 Å². The number of nitrogens with zero attached hydrogens (tertiary/aromatic N) is 3. The van der Waals surface area contributed by atoms with Gasteiger partial charge in [-0.3, -0.25) is 9.78 Å². The summed E-state index contributed by atoms with van der Waals surface area (Å²) in [7, 11) is 1.94. The minimum Gasteiger partial charge on any atom is -0.349 e. The van der Waals surface area contributed by atoms with Gasteiger partial charge in [0.15, 0.2) is 7.05 Å². The third kappa shape index (κ3) is 2.50. The fourth-order valence-electron chi connectivity index (χ4n) is 3.29. The number of benzene rings is 1. The van der Waals surface area contributed by atoms with E-state index in [0.29, 0.717) is 11.6 Å². The lowest BCUT2D eigenvalue weighted by Gasteiger charge is -2.09. The minimum atomic E-state index is -0.0305. The second kappa shape index (κ2) is 5.62. The molecule has 1 saturated carbocycles. The zero-order valence-electron chi connectivity index (χ0n) is 14.4. The average Bonchev–Trinajstić information content (AvgIpc) is 3.38. The van der Waals surface area contributed by atoms with Crippen LogP contribution in [0.4, 0.5) is 0 Å². The van der Waals surface area contributed by atoms with E-state index in [4.69, 9.17) is 4.98 Å². The Bertz CT molecular complexity index is 1160. The summed E-state index contributed by atoms with van der Waals surface area (Å²) in [5.74, 6) is -0.0305. The third-order valence-corrected chi connectivity index (χ3v) is 4.80. The highest BCUT2D eigenvalue weighted by Crippen LogP contribution is 2.31. The normalized spacial score (nSPS) is 14.0. The fourth-order valence-corrected chi connectivity index (χ4v) is 3.29. The number of fused-ring (bicyclic) bond motifs is 3. The Labute approximate surface area is 149 Å². The number of nitrogens with one attached hydrogen (secondary N) is 2. The van der Waals surface area contributed by atoms with Gasteiger partial charge in [0.1, 0.15) is 0 Å². The molecule has 2 N–H and O–H groups in total. The Kier molecular flexibility index (Phi) is 3.25. The van der Waals surface area contributed by atoms with Gasteiger partial charge < -0.3 is 5.32 Å². The molecular formula is C20H18N5O+. The highest BCUT2D eigenvalue weighted by Gasteiger charge is 2.24. The van der Waals surface area contributed by atoms with E-state index in [2.05, 4.69) is 15.4 Å². The Hall–Kier alpha value is -3.28. The molecule has 3 heterocycles. The van der Waals surface area contributed by atoms with Gasteiger partial charge in [0.05, 0.1) is 23.0 Å². The van der Waals surface area contributed by atoms with Gasteiger partial charge in [-0.15, -0.1) is 4.68 Å². The van der Waals surface area contributed by atoms with Gasteiger partial charge in [0.2, 0.25) is 6.20 Å². The van der Waals surface area contributed by atoms with Gasteiger partial charge in [-0.1, -0.05) is 6.07 Å². The molecule has 3 aromatic heterocycles. The lowest BCUT2D eigenvalue weighted by Crippen LogP contribution is -2.27. The number of hydrogen-bond acceptors (Lipinski definition) is 3. The van der Waals surface area contributed by atoms with Gasteiger partial charge in [0.25, 0.3) is 5.91 Å². The number of rotatable bonds is 3. The summed E-state index contributed by atoms with van der Waals surface area (Å²) in [6.45, 7) is 0. The molecule has 4 aromatic rings. The Balaban J connectivity index is 1.73. The molecule has 1 fully saturated rings. The molecule has 128 valence electrons. The molecule has 0 saturated heterocycles. The van der Waals surface area contributed by atoms with Crippen molar-refractivity contribution < 1.29 is 9.48 Å². The molecule has 6 heteroatoms. The van der Waals surface area contributed by atoms with Crippen molar-refractivity contribution in [2.45, 2.75) is 18.9 Å². The van der Waals surface area contributed by atoms with Crippen molar-refractivity contribution in [1.29, 1.82) is 0 Å². The van der Waals surface area contributed by atoms with Crippen LogP contribution in [0.2, 0.25) is 0 Å². The van der Waals surface area contributed by atoms with Crippen molar-refractivity contribution in [3.63, 3.8) is 0 Å². The summed E-state index contributed by atoms with van der Waals surface area (Å²) in [6, 6.07) is 8.02. The Morgan fingerprint density at radius 2 is 2.12 bits per heavy atom. The number of aromatic amines is 1. The van der Waals surface area contributed by atoms with E-state index in [0.717, 1.165) is 45.8 Å². The van der Waals surface area contributed by atoms with E-state index >= 15 is 0 Å². The van der Waals surface area contributed by atoms with Crippen LogP contribution in [0.1, 0.15) is 23.2 Å². The molecule has 1 aliphatic carbocycles. The molecule has 0 atom stereocenters. The second-order valence-corrected chi connectivity index (χ2v) is 6.83. The number of hydrogen-bond donors (Lipinski definition) is 2. The van der Waals surface area contributed by atoms with Gasteiger partial charge in [-0.2, -0.15) is 5.10 Å². The Morgan fingerprint density at radius 1 is 1.23 bits per heavy atom. The molecule has 0 unspecified atom stereocenters. The van der Waals surface area contributed by atoms with Crippen molar-refractivity contribution in [2.24, 2.45) is 7.05 Å². The molecular weight excluding hydrogens is 326 g/mol. The SMILES string of the molecule is C[n+]1cc(-c2nc3cc(C(=O)NC4CC4)ccc3c3cnccc23)c[nH]1. The van der Waals surface area contributed by atoms with Crippen molar-refractivity contribution >= 4 is 27.6 Å². The fraction of sp³-hybridized carbons (Fsp3) is 0.200. The average molecular weight is 344 g/mol. The number of aromatic nitrogens is 4. The van der Waals surface area contributed by atoms with Crippen LogP contribution in [-0.4, -0.2) is 27.0 Å². The molecule has 0 aliphatic heterocycles. The molecule has 26 heavy (non-hydrogen) atoms. The van der Waals surface area contributed by atoms with Crippen LogP contribution in [-0.2, 0) is 7.05 Å². The minimum absolute atomic E-state index is 0.0305. The van der Waals surface area contributed by atoms with Crippen LogP contribution >= 0.6 is 0 Å². The largest absolute Gasteiger partial charge is 0.349 e. The lowest BCUT2D eigenvalue weighted by atomic mass is 10.0. The van der Waals surface area contributed by atoms with E-state index in [-0.39, 0.29) is 5.91 Å². The van der Waals surface area contributed by atoms with Crippen LogP contribution in [0.25, 0.3) is 32.9 Å². The van der Waals surface area contributed by atoms with Crippen LogP contribution in [0.5, 0.6) is 0 Å². The smallest absolute Gasteiger partial charge is 0.251 e. The molecule has 1 aromatic carbocycles. The summed E-state index contributed by atoms with van der Waals surface area (Å²) in [5, 5.41) is 9.25. The quantitative estimate of drug-likeness (QED) is 0.443. The number of carbonyl (C=O) groups is 1. The monoisotopic (exact) mass is 344 g/mol. The van der Waals surface area contributed by atoms with Gasteiger partial charge in [0, 0.05) is 40.2 Å². The summed E-state index contributed by atoms with van der Waals surface area (Å²) in [6.07, 6.45) is 9.71. The zero-order valence-corrected chi connectivity index (χ0v) is 14.4. The first kappa shape index (κ1) is 15.0. The molecule has 1 amide bonds. The summed E-state index contributed by atoms with van der Waals surface area (Å²) in [4.78, 5) is 21.6. The van der Waals surface area contributed by atoms with Crippen molar-refractivity contribution in [3.8, 4) is 11.3 Å². The van der Waals surface area contributed by atoms with Gasteiger partial charge in [-0.25, -0.2) is 4.98 Å². The molecule has 0 bridgehead atoms. The molecule has 6 nitrogen and oxygen atoms in total.